The number of fused-ring (bicyclic) bond motifs is 1. The van der Waals surface area contributed by atoms with Gasteiger partial charge in [-0.3, -0.25) is 9.78 Å². The molecule has 2 aliphatic carbocycles. The second-order valence-corrected chi connectivity index (χ2v) is 5.47. The van der Waals surface area contributed by atoms with Crippen molar-refractivity contribution in [2.24, 2.45) is 0 Å². The molecule has 19 heavy (non-hydrogen) atoms. The predicted octanol–water partition coefficient (Wildman–Crippen LogP) is 1.97. The summed E-state index contributed by atoms with van der Waals surface area (Å²) in [4.78, 5) is 20.9. The highest BCUT2D eigenvalue weighted by Gasteiger charge is 2.57. The number of rotatable bonds is 3. The average molecular weight is 257 g/mol. The summed E-state index contributed by atoms with van der Waals surface area (Å²) < 4.78 is 7.21. The SMILES string of the molecule is COC(=O)C1(c2nc3cnccc3n2C2CC2)CC1. The van der Waals surface area contributed by atoms with Crippen molar-refractivity contribution in [2.45, 2.75) is 37.1 Å². The van der Waals surface area contributed by atoms with Crippen LogP contribution in [0.15, 0.2) is 18.5 Å². The second-order valence-electron chi connectivity index (χ2n) is 5.47. The first-order chi connectivity index (χ1) is 9.26. The maximum absolute atomic E-state index is 12.1. The highest BCUT2D eigenvalue weighted by atomic mass is 16.5. The molecule has 5 heteroatoms. The molecular weight excluding hydrogens is 242 g/mol. The third-order valence-electron chi connectivity index (χ3n) is 4.16. The van der Waals surface area contributed by atoms with E-state index in [1.165, 1.54) is 7.11 Å². The Kier molecular flexibility index (Phi) is 2.05. The minimum Gasteiger partial charge on any atom is -0.468 e. The van der Waals surface area contributed by atoms with Gasteiger partial charge in [0, 0.05) is 12.2 Å². The van der Waals surface area contributed by atoms with E-state index in [-0.39, 0.29) is 5.97 Å². The quantitative estimate of drug-likeness (QED) is 0.789. The lowest BCUT2D eigenvalue weighted by molar-refractivity contribution is -0.144. The van der Waals surface area contributed by atoms with Gasteiger partial charge in [0.25, 0.3) is 0 Å². The molecule has 2 aromatic heterocycles. The van der Waals surface area contributed by atoms with E-state index >= 15 is 0 Å². The normalized spacial score (nSPS) is 20.5. The van der Waals surface area contributed by atoms with E-state index < -0.39 is 5.41 Å². The Morgan fingerprint density at radius 2 is 2.26 bits per heavy atom. The van der Waals surface area contributed by atoms with Crippen LogP contribution in [0, 0.1) is 0 Å². The van der Waals surface area contributed by atoms with E-state index in [0.717, 1.165) is 42.5 Å². The van der Waals surface area contributed by atoms with Gasteiger partial charge in [0.15, 0.2) is 0 Å². The molecule has 5 nitrogen and oxygen atoms in total. The van der Waals surface area contributed by atoms with Gasteiger partial charge in [0.05, 0.1) is 18.8 Å². The van der Waals surface area contributed by atoms with E-state index in [2.05, 4.69) is 14.5 Å². The van der Waals surface area contributed by atoms with Crippen LogP contribution in [0.5, 0.6) is 0 Å². The number of carbonyl (C=O) groups excluding carboxylic acids is 1. The Bertz CT molecular complexity index is 668. The lowest BCUT2D eigenvalue weighted by atomic mass is 10.1. The molecule has 98 valence electrons. The van der Waals surface area contributed by atoms with Crippen molar-refractivity contribution in [1.82, 2.24) is 14.5 Å². The van der Waals surface area contributed by atoms with Gasteiger partial charge in [-0.25, -0.2) is 4.98 Å². The topological polar surface area (TPSA) is 57.0 Å². The monoisotopic (exact) mass is 257 g/mol. The molecule has 0 spiro atoms. The number of nitrogens with zero attached hydrogens (tertiary/aromatic N) is 3. The number of aromatic nitrogens is 3. The van der Waals surface area contributed by atoms with Gasteiger partial charge >= 0.3 is 5.97 Å². The molecule has 0 saturated heterocycles. The second kappa shape index (κ2) is 3.56. The van der Waals surface area contributed by atoms with E-state index in [4.69, 9.17) is 4.74 Å². The number of carbonyl (C=O) groups is 1. The summed E-state index contributed by atoms with van der Waals surface area (Å²) in [6, 6.07) is 2.47. The molecule has 0 amide bonds. The third kappa shape index (κ3) is 1.44. The van der Waals surface area contributed by atoms with Gasteiger partial charge in [-0.05, 0) is 31.7 Å². The fraction of sp³-hybridized carbons (Fsp3) is 0.500. The first kappa shape index (κ1) is 11.0. The highest BCUT2D eigenvalue weighted by Crippen LogP contribution is 2.52. The molecule has 2 fully saturated rings. The van der Waals surface area contributed by atoms with Crippen molar-refractivity contribution in [3.8, 4) is 0 Å². The summed E-state index contributed by atoms with van der Waals surface area (Å²) in [6.45, 7) is 0. The maximum atomic E-state index is 12.1. The van der Waals surface area contributed by atoms with Gasteiger partial charge in [-0.2, -0.15) is 0 Å². The average Bonchev–Trinajstić information content (AvgIpc) is 3.35. The number of methoxy groups -OCH3 is 1. The zero-order valence-corrected chi connectivity index (χ0v) is 10.8. The fourth-order valence-electron chi connectivity index (χ4n) is 2.83. The zero-order chi connectivity index (χ0) is 13.0. The Morgan fingerprint density at radius 3 is 2.89 bits per heavy atom. The van der Waals surface area contributed by atoms with Crippen LogP contribution in [0.2, 0.25) is 0 Å². The van der Waals surface area contributed by atoms with Gasteiger partial charge in [-0.1, -0.05) is 0 Å². The predicted molar refractivity (Wildman–Crippen MR) is 68.7 cm³/mol. The van der Waals surface area contributed by atoms with Gasteiger partial charge in [0.1, 0.15) is 16.8 Å². The van der Waals surface area contributed by atoms with E-state index in [9.17, 15) is 4.79 Å². The lowest BCUT2D eigenvalue weighted by Crippen LogP contribution is -2.26. The van der Waals surface area contributed by atoms with Crippen molar-refractivity contribution in [1.29, 1.82) is 0 Å². The molecule has 2 heterocycles. The molecule has 2 saturated carbocycles. The van der Waals surface area contributed by atoms with Gasteiger partial charge in [0.2, 0.25) is 0 Å². The molecule has 0 aliphatic heterocycles. The lowest BCUT2D eigenvalue weighted by Gasteiger charge is -2.14. The molecule has 0 unspecified atom stereocenters. The molecule has 4 rings (SSSR count). The van der Waals surface area contributed by atoms with Crippen LogP contribution in [0.3, 0.4) is 0 Å². The number of esters is 1. The van der Waals surface area contributed by atoms with Crippen LogP contribution in [0.4, 0.5) is 0 Å². The van der Waals surface area contributed by atoms with Crippen LogP contribution >= 0.6 is 0 Å². The van der Waals surface area contributed by atoms with E-state index in [0.29, 0.717) is 6.04 Å². The summed E-state index contributed by atoms with van der Waals surface area (Å²) >= 11 is 0. The molecule has 2 aliphatic rings. The Labute approximate surface area is 110 Å². The summed E-state index contributed by atoms with van der Waals surface area (Å²) in [7, 11) is 1.45. The summed E-state index contributed by atoms with van der Waals surface area (Å²) in [5, 5.41) is 0. The van der Waals surface area contributed by atoms with E-state index in [1.807, 2.05) is 6.07 Å². The van der Waals surface area contributed by atoms with Crippen LogP contribution in [0.1, 0.15) is 37.5 Å². The van der Waals surface area contributed by atoms with Crippen LogP contribution in [0.25, 0.3) is 11.0 Å². The number of ether oxygens (including phenoxy) is 1. The smallest absolute Gasteiger partial charge is 0.319 e. The van der Waals surface area contributed by atoms with Crippen molar-refractivity contribution >= 4 is 17.0 Å². The van der Waals surface area contributed by atoms with Crippen molar-refractivity contribution in [3.63, 3.8) is 0 Å². The molecule has 0 N–H and O–H groups in total. The Morgan fingerprint density at radius 1 is 1.47 bits per heavy atom. The maximum Gasteiger partial charge on any atom is 0.319 e. The van der Waals surface area contributed by atoms with Crippen LogP contribution < -0.4 is 0 Å². The Balaban J connectivity index is 1.94. The van der Waals surface area contributed by atoms with Crippen molar-refractivity contribution < 1.29 is 9.53 Å². The minimum absolute atomic E-state index is 0.155. The zero-order valence-electron chi connectivity index (χ0n) is 10.8. The number of pyridine rings is 1. The number of imidazole rings is 1. The Hall–Kier alpha value is -1.91. The van der Waals surface area contributed by atoms with Crippen molar-refractivity contribution in [3.05, 3.63) is 24.3 Å². The minimum atomic E-state index is -0.504. The first-order valence-corrected chi connectivity index (χ1v) is 6.67. The van der Waals surface area contributed by atoms with Crippen LogP contribution in [-0.2, 0) is 14.9 Å². The molecule has 0 radical (unpaired) electrons. The fourth-order valence-corrected chi connectivity index (χ4v) is 2.83. The summed E-state index contributed by atoms with van der Waals surface area (Å²) in [5.74, 6) is 0.725. The highest BCUT2D eigenvalue weighted by molar-refractivity contribution is 5.87. The summed E-state index contributed by atoms with van der Waals surface area (Å²) in [6.07, 6.45) is 7.55. The molecule has 0 atom stereocenters. The third-order valence-corrected chi connectivity index (χ3v) is 4.16. The van der Waals surface area contributed by atoms with Gasteiger partial charge in [-0.15, -0.1) is 0 Å². The van der Waals surface area contributed by atoms with Crippen molar-refractivity contribution in [2.75, 3.05) is 7.11 Å². The summed E-state index contributed by atoms with van der Waals surface area (Å²) in [5.41, 5.74) is 1.46. The number of hydrogen-bond acceptors (Lipinski definition) is 4. The van der Waals surface area contributed by atoms with E-state index in [1.54, 1.807) is 12.4 Å². The van der Waals surface area contributed by atoms with Gasteiger partial charge < -0.3 is 9.30 Å². The standard InChI is InChI=1S/C14H15N3O2/c1-19-13(18)14(5-6-14)12-16-10-8-15-7-4-11(10)17(12)9-2-3-9/h4,7-9H,2-3,5-6H2,1H3. The largest absolute Gasteiger partial charge is 0.468 e. The molecular formula is C14H15N3O2. The molecule has 2 aromatic rings. The molecule has 0 aromatic carbocycles. The molecule has 0 bridgehead atoms. The van der Waals surface area contributed by atoms with Crippen LogP contribution in [-0.4, -0.2) is 27.6 Å². The number of hydrogen-bond donors (Lipinski definition) is 0. The first-order valence-electron chi connectivity index (χ1n) is 6.67.